The summed E-state index contributed by atoms with van der Waals surface area (Å²) in [6.07, 6.45) is 7.65. The Labute approximate surface area is 248 Å². The molecule has 1 aliphatic heterocycles. The maximum absolute atomic E-state index is 14.1. The zero-order valence-electron chi connectivity index (χ0n) is 24.7. The summed E-state index contributed by atoms with van der Waals surface area (Å²) in [5.74, 6) is -2.64. The van der Waals surface area contributed by atoms with E-state index < -0.39 is 27.0 Å². The SMILES string of the molecule is CCCCC1(CCCC)CN(c2ccc(NCC(C)C)cc2)c2cc(SC)c(OC=C(F)C(=O)O)cc2S(=O)(=O)C1. The minimum absolute atomic E-state index is 0.00505. The lowest BCUT2D eigenvalue weighted by Crippen LogP contribution is -2.38. The van der Waals surface area contributed by atoms with Gasteiger partial charge in [0.05, 0.1) is 21.2 Å². The summed E-state index contributed by atoms with van der Waals surface area (Å²) in [7, 11) is -3.79. The fraction of sp³-hybridized carbons (Fsp3) is 0.516. The highest BCUT2D eigenvalue weighted by molar-refractivity contribution is 7.98. The highest BCUT2D eigenvalue weighted by atomic mass is 32.2. The number of thioether (sulfide) groups is 1. The van der Waals surface area contributed by atoms with Gasteiger partial charge in [-0.3, -0.25) is 0 Å². The van der Waals surface area contributed by atoms with Gasteiger partial charge in [-0.05, 0) is 55.3 Å². The number of halogens is 1. The number of hydrogen-bond donors (Lipinski definition) is 2. The smallest absolute Gasteiger partial charge is 0.368 e. The van der Waals surface area contributed by atoms with Crippen LogP contribution in [0.2, 0.25) is 0 Å². The Morgan fingerprint density at radius 1 is 1.17 bits per heavy atom. The third-order valence-corrected chi connectivity index (χ3v) is 10.1. The molecule has 1 aliphatic rings. The molecule has 0 spiro atoms. The number of aliphatic carboxylic acids is 1. The van der Waals surface area contributed by atoms with Crippen LogP contribution in [0.25, 0.3) is 0 Å². The van der Waals surface area contributed by atoms with E-state index >= 15 is 0 Å². The normalized spacial score (nSPS) is 16.3. The lowest BCUT2D eigenvalue weighted by molar-refractivity contribution is -0.134. The summed E-state index contributed by atoms with van der Waals surface area (Å²) in [4.78, 5) is 13.7. The van der Waals surface area contributed by atoms with E-state index in [9.17, 15) is 17.6 Å². The van der Waals surface area contributed by atoms with Gasteiger partial charge >= 0.3 is 5.97 Å². The molecule has 0 radical (unpaired) electrons. The van der Waals surface area contributed by atoms with Gasteiger partial charge in [-0.1, -0.05) is 53.4 Å². The molecular formula is C31H43FN2O5S2. The van der Waals surface area contributed by atoms with Crippen molar-refractivity contribution in [1.82, 2.24) is 0 Å². The van der Waals surface area contributed by atoms with Crippen molar-refractivity contribution in [2.24, 2.45) is 11.3 Å². The van der Waals surface area contributed by atoms with Crippen LogP contribution in [0.4, 0.5) is 21.5 Å². The lowest BCUT2D eigenvalue weighted by atomic mass is 9.79. The quantitative estimate of drug-likeness (QED) is 0.127. The number of fused-ring (bicyclic) bond motifs is 1. The second-order valence-electron chi connectivity index (χ2n) is 11.2. The number of carbonyl (C=O) groups is 1. The summed E-state index contributed by atoms with van der Waals surface area (Å²) < 4.78 is 47.4. The van der Waals surface area contributed by atoms with E-state index in [4.69, 9.17) is 9.84 Å². The number of carboxylic acid groups (broad SMARTS) is 1. The van der Waals surface area contributed by atoms with Crippen LogP contribution in [0.5, 0.6) is 5.75 Å². The van der Waals surface area contributed by atoms with Gasteiger partial charge in [-0.15, -0.1) is 11.8 Å². The number of anilines is 3. The zero-order valence-corrected chi connectivity index (χ0v) is 26.3. The molecule has 10 heteroatoms. The maximum Gasteiger partial charge on any atom is 0.368 e. The number of nitrogens with zero attached hydrogens (tertiary/aromatic N) is 1. The van der Waals surface area contributed by atoms with E-state index in [1.807, 2.05) is 30.5 Å². The molecule has 2 aromatic carbocycles. The number of nitrogens with one attached hydrogen (secondary N) is 1. The predicted molar refractivity (Wildman–Crippen MR) is 166 cm³/mol. The molecular weight excluding hydrogens is 563 g/mol. The van der Waals surface area contributed by atoms with Crippen molar-refractivity contribution in [2.75, 3.05) is 35.3 Å². The van der Waals surface area contributed by atoms with Gasteiger partial charge in [-0.25, -0.2) is 13.2 Å². The van der Waals surface area contributed by atoms with Crippen molar-refractivity contribution in [2.45, 2.75) is 76.0 Å². The Kier molecular flexibility index (Phi) is 11.6. The monoisotopic (exact) mass is 606 g/mol. The third-order valence-electron chi connectivity index (χ3n) is 7.37. The predicted octanol–water partition coefficient (Wildman–Crippen LogP) is 8.04. The molecule has 0 bridgehead atoms. The first-order valence-electron chi connectivity index (χ1n) is 14.3. The molecule has 1 heterocycles. The van der Waals surface area contributed by atoms with E-state index in [-0.39, 0.29) is 16.4 Å². The Morgan fingerprint density at radius 2 is 1.80 bits per heavy atom. The minimum atomic E-state index is -3.79. The highest BCUT2D eigenvalue weighted by Crippen LogP contribution is 2.48. The van der Waals surface area contributed by atoms with E-state index in [0.29, 0.717) is 29.3 Å². The Morgan fingerprint density at radius 3 is 2.34 bits per heavy atom. The van der Waals surface area contributed by atoms with Gasteiger partial charge in [-0.2, -0.15) is 4.39 Å². The molecule has 2 N–H and O–H groups in total. The van der Waals surface area contributed by atoms with E-state index in [0.717, 1.165) is 56.4 Å². The van der Waals surface area contributed by atoms with Crippen LogP contribution in [0.15, 0.2) is 58.3 Å². The van der Waals surface area contributed by atoms with Crippen molar-refractivity contribution in [3.05, 3.63) is 48.5 Å². The molecule has 0 fully saturated rings. The molecule has 2 aromatic rings. The molecule has 226 valence electrons. The average molecular weight is 607 g/mol. The van der Waals surface area contributed by atoms with Crippen LogP contribution in [-0.4, -0.2) is 44.6 Å². The van der Waals surface area contributed by atoms with Crippen molar-refractivity contribution in [3.63, 3.8) is 0 Å². The van der Waals surface area contributed by atoms with Gasteiger partial charge < -0.3 is 20.1 Å². The maximum atomic E-state index is 14.1. The molecule has 0 unspecified atom stereocenters. The third kappa shape index (κ3) is 8.41. The Balaban J connectivity index is 2.21. The number of carboxylic acids is 1. The second-order valence-corrected chi connectivity index (χ2v) is 14.0. The van der Waals surface area contributed by atoms with Gasteiger partial charge in [0.15, 0.2) is 9.84 Å². The molecule has 0 atom stereocenters. The van der Waals surface area contributed by atoms with Crippen molar-refractivity contribution in [3.8, 4) is 5.75 Å². The van der Waals surface area contributed by atoms with Gasteiger partial charge in [0, 0.05) is 35.9 Å². The van der Waals surface area contributed by atoms with Crippen LogP contribution in [0.3, 0.4) is 0 Å². The van der Waals surface area contributed by atoms with Crippen LogP contribution < -0.4 is 15.0 Å². The molecule has 0 aromatic heterocycles. The first kappa shape index (κ1) is 32.8. The van der Waals surface area contributed by atoms with Crippen molar-refractivity contribution >= 4 is 44.6 Å². The van der Waals surface area contributed by atoms with Crippen LogP contribution in [0, 0.1) is 11.3 Å². The Hall–Kier alpha value is -2.72. The van der Waals surface area contributed by atoms with Crippen LogP contribution in [0.1, 0.15) is 66.2 Å². The van der Waals surface area contributed by atoms with Crippen LogP contribution >= 0.6 is 11.8 Å². The van der Waals surface area contributed by atoms with Crippen LogP contribution in [-0.2, 0) is 14.6 Å². The fourth-order valence-electron chi connectivity index (χ4n) is 5.20. The number of rotatable bonds is 14. The van der Waals surface area contributed by atoms with Gasteiger partial charge in [0.1, 0.15) is 12.0 Å². The lowest BCUT2D eigenvalue weighted by Gasteiger charge is -2.37. The first-order valence-corrected chi connectivity index (χ1v) is 17.1. The van der Waals surface area contributed by atoms with E-state index in [1.165, 1.54) is 17.8 Å². The van der Waals surface area contributed by atoms with E-state index in [1.54, 1.807) is 6.07 Å². The fourth-order valence-corrected chi connectivity index (χ4v) is 7.85. The number of ether oxygens (including phenoxy) is 1. The van der Waals surface area contributed by atoms with Crippen molar-refractivity contribution in [1.29, 1.82) is 0 Å². The standard InChI is InChI=1S/C31H43FN2O5S2/c1-6-8-14-31(15-9-7-2)20-34(24-12-10-23(11-13-24)33-18-22(3)4)26-16-28(40-5)27(39-19-25(32)30(35)36)17-29(26)41(37,38)21-31/h10-13,16-17,19,22,33H,6-9,14-15,18,20-21H2,1-5H3,(H,35,36). The summed E-state index contributed by atoms with van der Waals surface area (Å²) in [6, 6.07) is 11.3. The topological polar surface area (TPSA) is 95.9 Å². The average Bonchev–Trinajstić information content (AvgIpc) is 3.04. The van der Waals surface area contributed by atoms with Gasteiger partial charge in [0.2, 0.25) is 5.83 Å². The summed E-state index contributed by atoms with van der Waals surface area (Å²) in [5, 5.41) is 12.3. The highest BCUT2D eigenvalue weighted by Gasteiger charge is 2.42. The molecule has 7 nitrogen and oxygen atoms in total. The number of hydrogen-bond acceptors (Lipinski definition) is 7. The number of sulfone groups is 1. The second kappa shape index (κ2) is 14.4. The molecule has 41 heavy (non-hydrogen) atoms. The first-order chi connectivity index (χ1) is 19.4. The minimum Gasteiger partial charge on any atom is -0.476 e. The number of benzene rings is 2. The Bertz CT molecular complexity index is 1320. The molecule has 0 saturated carbocycles. The zero-order chi connectivity index (χ0) is 30.2. The molecule has 0 saturated heterocycles. The molecule has 3 rings (SSSR count). The summed E-state index contributed by atoms with van der Waals surface area (Å²) in [5.41, 5.74) is 1.96. The van der Waals surface area contributed by atoms with Crippen molar-refractivity contribution < 1.29 is 27.4 Å². The number of unbranched alkanes of at least 4 members (excludes halogenated alkanes) is 2. The summed E-state index contributed by atoms with van der Waals surface area (Å²) in [6.45, 7) is 9.92. The van der Waals surface area contributed by atoms with Gasteiger partial charge in [0.25, 0.3) is 0 Å². The largest absolute Gasteiger partial charge is 0.476 e. The molecule has 0 aliphatic carbocycles. The summed E-state index contributed by atoms with van der Waals surface area (Å²) >= 11 is 1.32. The molecule has 0 amide bonds. The van der Waals surface area contributed by atoms with E-state index in [2.05, 4.69) is 37.9 Å².